The lowest BCUT2D eigenvalue weighted by molar-refractivity contribution is 0.115. The van der Waals surface area contributed by atoms with E-state index in [9.17, 15) is 5.11 Å². The molecule has 18 heavy (non-hydrogen) atoms. The molecule has 1 unspecified atom stereocenters. The van der Waals surface area contributed by atoms with E-state index in [-0.39, 0.29) is 5.41 Å². The molecular weight excluding hydrogens is 222 g/mol. The topological polar surface area (TPSA) is 23.5 Å². The summed E-state index contributed by atoms with van der Waals surface area (Å²) in [5.74, 6) is 0. The van der Waals surface area contributed by atoms with Crippen LogP contribution < -0.4 is 0 Å². The van der Waals surface area contributed by atoms with Gasteiger partial charge in [0.25, 0.3) is 0 Å². The van der Waals surface area contributed by atoms with Crippen molar-refractivity contribution >= 4 is 0 Å². The zero-order chi connectivity index (χ0) is 13.5. The second-order valence-electron chi connectivity index (χ2n) is 6.20. The Bertz CT molecular complexity index is 423. The maximum absolute atomic E-state index is 9.75. The average molecular weight is 247 g/mol. The Morgan fingerprint density at radius 3 is 2.00 bits per heavy atom. The highest BCUT2D eigenvalue weighted by molar-refractivity contribution is 5.41. The van der Waals surface area contributed by atoms with Crippen molar-refractivity contribution in [3.8, 4) is 0 Å². The third-order valence-corrected chi connectivity index (χ3v) is 4.32. The van der Waals surface area contributed by atoms with E-state index in [0.717, 1.165) is 12.8 Å². The van der Waals surface area contributed by atoms with E-state index in [2.05, 4.69) is 51.9 Å². The Morgan fingerprint density at radius 2 is 1.67 bits per heavy atom. The van der Waals surface area contributed by atoms with Gasteiger partial charge in [-0.05, 0) is 64.4 Å². The minimum Gasteiger partial charge on any atom is -0.396 e. The van der Waals surface area contributed by atoms with Crippen molar-refractivity contribution in [3.05, 3.63) is 34.4 Å². The highest BCUT2D eigenvalue weighted by Crippen LogP contribution is 2.57. The highest BCUT2D eigenvalue weighted by Gasteiger charge is 2.51. The number of nitrogens with zero attached hydrogens (tertiary/aromatic N) is 1. The van der Waals surface area contributed by atoms with E-state index in [0.29, 0.717) is 12.6 Å². The monoisotopic (exact) mass is 247 g/mol. The maximum Gasteiger partial charge on any atom is 0.0505 e. The molecule has 1 aromatic carbocycles. The first-order chi connectivity index (χ1) is 8.41. The van der Waals surface area contributed by atoms with Crippen LogP contribution in [-0.4, -0.2) is 30.7 Å². The van der Waals surface area contributed by atoms with Crippen LogP contribution in [0.25, 0.3) is 0 Å². The van der Waals surface area contributed by atoms with Crippen molar-refractivity contribution in [2.45, 2.75) is 39.7 Å². The lowest BCUT2D eigenvalue weighted by atomic mass is 9.84. The Morgan fingerprint density at radius 1 is 1.17 bits per heavy atom. The van der Waals surface area contributed by atoms with Crippen molar-refractivity contribution in [2.24, 2.45) is 5.41 Å². The third kappa shape index (κ3) is 2.19. The summed E-state index contributed by atoms with van der Waals surface area (Å²) in [6.45, 7) is 6.83. The smallest absolute Gasteiger partial charge is 0.0505 e. The van der Waals surface area contributed by atoms with E-state index in [1.807, 2.05) is 0 Å². The summed E-state index contributed by atoms with van der Waals surface area (Å²) in [5.41, 5.74) is 5.53. The standard InChI is InChI=1S/C16H25NO/c1-11-8-12(2)14(13(3)9-11)15(17(4)5)16(10-18)6-7-16/h8-9,15,18H,6-7,10H2,1-5H3. The molecule has 2 heteroatoms. The second kappa shape index (κ2) is 4.67. The molecule has 0 aromatic heterocycles. The first kappa shape index (κ1) is 13.6. The average Bonchev–Trinajstić information content (AvgIpc) is 3.03. The Kier molecular flexibility index (Phi) is 3.52. The normalized spacial score (nSPS) is 19.1. The van der Waals surface area contributed by atoms with Crippen molar-refractivity contribution in [1.82, 2.24) is 4.90 Å². The van der Waals surface area contributed by atoms with Gasteiger partial charge >= 0.3 is 0 Å². The summed E-state index contributed by atoms with van der Waals surface area (Å²) in [7, 11) is 4.25. The molecule has 0 spiro atoms. The van der Waals surface area contributed by atoms with E-state index < -0.39 is 0 Å². The van der Waals surface area contributed by atoms with E-state index in [1.54, 1.807) is 0 Å². The molecule has 0 amide bonds. The van der Waals surface area contributed by atoms with E-state index in [4.69, 9.17) is 0 Å². The number of aliphatic hydroxyl groups excluding tert-OH is 1. The number of rotatable bonds is 4. The van der Waals surface area contributed by atoms with Crippen LogP contribution in [0.1, 0.15) is 41.1 Å². The molecule has 2 rings (SSSR count). The van der Waals surface area contributed by atoms with E-state index in [1.165, 1.54) is 22.3 Å². The third-order valence-electron chi connectivity index (χ3n) is 4.32. The quantitative estimate of drug-likeness (QED) is 0.884. The molecule has 1 aliphatic rings. The summed E-state index contributed by atoms with van der Waals surface area (Å²) in [5, 5.41) is 9.75. The van der Waals surface area contributed by atoms with Gasteiger partial charge < -0.3 is 10.0 Å². The summed E-state index contributed by atoms with van der Waals surface area (Å²) in [4.78, 5) is 2.27. The van der Waals surface area contributed by atoms with Crippen molar-refractivity contribution in [2.75, 3.05) is 20.7 Å². The van der Waals surface area contributed by atoms with E-state index >= 15 is 0 Å². The first-order valence-corrected chi connectivity index (χ1v) is 6.76. The summed E-state index contributed by atoms with van der Waals surface area (Å²) < 4.78 is 0. The largest absolute Gasteiger partial charge is 0.396 e. The molecule has 1 saturated carbocycles. The molecule has 0 saturated heterocycles. The van der Waals surface area contributed by atoms with Crippen molar-refractivity contribution < 1.29 is 5.11 Å². The lowest BCUT2D eigenvalue weighted by Crippen LogP contribution is -2.32. The van der Waals surface area contributed by atoms with Gasteiger partial charge in [0.05, 0.1) is 6.61 Å². The van der Waals surface area contributed by atoms with Crippen LogP contribution >= 0.6 is 0 Å². The number of hydrogen-bond donors (Lipinski definition) is 1. The van der Waals surface area contributed by atoms with Gasteiger partial charge in [-0.25, -0.2) is 0 Å². The minimum absolute atomic E-state index is 0.0915. The Labute approximate surface area is 111 Å². The predicted molar refractivity (Wildman–Crippen MR) is 75.8 cm³/mol. The molecule has 0 aliphatic heterocycles. The number of aliphatic hydroxyl groups is 1. The van der Waals surface area contributed by atoms with Gasteiger partial charge in [-0.2, -0.15) is 0 Å². The summed E-state index contributed by atoms with van der Waals surface area (Å²) in [6, 6.07) is 4.85. The summed E-state index contributed by atoms with van der Waals surface area (Å²) in [6.07, 6.45) is 2.28. The molecule has 1 aromatic rings. The van der Waals surface area contributed by atoms with Gasteiger partial charge in [-0.15, -0.1) is 0 Å². The van der Waals surface area contributed by atoms with Crippen LogP contribution in [0.3, 0.4) is 0 Å². The number of benzene rings is 1. The fourth-order valence-corrected chi connectivity index (χ4v) is 3.41. The van der Waals surface area contributed by atoms with Crippen LogP contribution in [0.4, 0.5) is 0 Å². The number of aryl methyl sites for hydroxylation is 3. The molecule has 2 nitrogen and oxygen atoms in total. The molecule has 0 heterocycles. The van der Waals surface area contributed by atoms with Gasteiger partial charge in [0.1, 0.15) is 0 Å². The van der Waals surface area contributed by atoms with Gasteiger partial charge in [0.15, 0.2) is 0 Å². The van der Waals surface area contributed by atoms with Crippen molar-refractivity contribution in [3.63, 3.8) is 0 Å². The van der Waals surface area contributed by atoms with Crippen LogP contribution in [0.2, 0.25) is 0 Å². The fraction of sp³-hybridized carbons (Fsp3) is 0.625. The lowest BCUT2D eigenvalue weighted by Gasteiger charge is -2.34. The van der Waals surface area contributed by atoms with Gasteiger partial charge in [-0.3, -0.25) is 0 Å². The van der Waals surface area contributed by atoms with Crippen LogP contribution in [0, 0.1) is 26.2 Å². The van der Waals surface area contributed by atoms with Crippen molar-refractivity contribution in [1.29, 1.82) is 0 Å². The fourth-order valence-electron chi connectivity index (χ4n) is 3.41. The van der Waals surface area contributed by atoms with Crippen LogP contribution in [0.5, 0.6) is 0 Å². The first-order valence-electron chi connectivity index (χ1n) is 6.76. The number of hydrogen-bond acceptors (Lipinski definition) is 2. The molecule has 0 radical (unpaired) electrons. The summed E-state index contributed by atoms with van der Waals surface area (Å²) >= 11 is 0. The highest BCUT2D eigenvalue weighted by atomic mass is 16.3. The zero-order valence-corrected chi connectivity index (χ0v) is 12.2. The molecule has 1 fully saturated rings. The SMILES string of the molecule is Cc1cc(C)c(C(N(C)C)C2(CO)CC2)c(C)c1. The molecular formula is C16H25NO. The van der Waals surface area contributed by atoms with Gasteiger partial charge in [-0.1, -0.05) is 17.7 Å². The molecule has 1 aliphatic carbocycles. The molecule has 100 valence electrons. The minimum atomic E-state index is 0.0915. The molecule has 1 atom stereocenters. The zero-order valence-electron chi connectivity index (χ0n) is 12.2. The predicted octanol–water partition coefficient (Wildman–Crippen LogP) is 2.99. The van der Waals surface area contributed by atoms with Crippen LogP contribution in [-0.2, 0) is 0 Å². The van der Waals surface area contributed by atoms with Crippen LogP contribution in [0.15, 0.2) is 12.1 Å². The second-order valence-corrected chi connectivity index (χ2v) is 6.20. The molecule has 1 N–H and O–H groups in total. The van der Waals surface area contributed by atoms with Gasteiger partial charge in [0.2, 0.25) is 0 Å². The Balaban J connectivity index is 2.50. The Hall–Kier alpha value is -0.860. The molecule has 0 bridgehead atoms. The maximum atomic E-state index is 9.75. The van der Waals surface area contributed by atoms with Gasteiger partial charge in [0, 0.05) is 11.5 Å².